The minimum Gasteiger partial charge on any atom is -0.497 e. The van der Waals surface area contributed by atoms with Crippen molar-refractivity contribution in [1.82, 2.24) is 9.47 Å². The van der Waals surface area contributed by atoms with Gasteiger partial charge in [-0.15, -0.1) is 0 Å². The minimum atomic E-state index is -0.562. The summed E-state index contributed by atoms with van der Waals surface area (Å²) >= 11 is 0. The molecule has 1 aromatic carbocycles. The summed E-state index contributed by atoms with van der Waals surface area (Å²) in [4.78, 5) is 14.4. The highest BCUT2D eigenvalue weighted by molar-refractivity contribution is 5.32. The average molecular weight is 370 g/mol. The molecule has 144 valence electrons. The van der Waals surface area contributed by atoms with Crippen LogP contribution in [0.5, 0.6) is 11.5 Å². The third kappa shape index (κ3) is 4.01. The van der Waals surface area contributed by atoms with Gasteiger partial charge in [0.05, 0.1) is 7.11 Å². The summed E-state index contributed by atoms with van der Waals surface area (Å²) in [5, 5.41) is 10.4. The number of likely N-dealkylation sites (tertiary alicyclic amines) is 1. The Morgan fingerprint density at radius 2 is 1.96 bits per heavy atom. The number of aliphatic hydroxyl groups is 1. The molecule has 0 aliphatic carbocycles. The lowest BCUT2D eigenvalue weighted by Gasteiger charge is -2.43. The van der Waals surface area contributed by atoms with Crippen molar-refractivity contribution in [2.45, 2.75) is 25.0 Å². The van der Waals surface area contributed by atoms with E-state index in [0.717, 1.165) is 37.5 Å². The van der Waals surface area contributed by atoms with E-state index in [1.165, 1.54) is 0 Å². The lowest BCUT2D eigenvalue weighted by Crippen LogP contribution is -2.49. The van der Waals surface area contributed by atoms with E-state index in [2.05, 4.69) is 11.0 Å². The number of aromatic nitrogens is 1. The highest BCUT2D eigenvalue weighted by atomic mass is 16.5. The summed E-state index contributed by atoms with van der Waals surface area (Å²) in [6, 6.07) is 13.0. The smallest absolute Gasteiger partial charge is 0.250 e. The van der Waals surface area contributed by atoms with Gasteiger partial charge in [0.25, 0.3) is 5.56 Å². The fourth-order valence-electron chi connectivity index (χ4n) is 4.38. The molecule has 6 nitrogen and oxygen atoms in total. The third-order valence-corrected chi connectivity index (χ3v) is 5.51. The molecule has 3 unspecified atom stereocenters. The van der Waals surface area contributed by atoms with E-state index >= 15 is 0 Å². The molecule has 4 rings (SSSR count). The molecule has 0 amide bonds. The van der Waals surface area contributed by atoms with Gasteiger partial charge in [-0.25, -0.2) is 0 Å². The van der Waals surface area contributed by atoms with Gasteiger partial charge in [-0.05, 0) is 30.5 Å². The molecule has 0 radical (unpaired) electrons. The van der Waals surface area contributed by atoms with E-state index in [4.69, 9.17) is 9.47 Å². The zero-order valence-corrected chi connectivity index (χ0v) is 15.6. The van der Waals surface area contributed by atoms with Crippen molar-refractivity contribution in [3.63, 3.8) is 0 Å². The van der Waals surface area contributed by atoms with E-state index in [1.807, 2.05) is 34.9 Å². The molecular formula is C21H26N2O4. The van der Waals surface area contributed by atoms with E-state index < -0.39 is 6.10 Å². The van der Waals surface area contributed by atoms with Crippen LogP contribution in [0.15, 0.2) is 47.3 Å². The third-order valence-electron chi connectivity index (χ3n) is 5.51. The normalized spacial score (nSPS) is 22.7. The molecule has 1 saturated heterocycles. The Bertz CT molecular complexity index is 850. The molecule has 0 saturated carbocycles. The van der Waals surface area contributed by atoms with Crippen LogP contribution in [-0.4, -0.2) is 54.0 Å². The zero-order chi connectivity index (χ0) is 18.8. The first kappa shape index (κ1) is 18.1. The first-order valence-electron chi connectivity index (χ1n) is 9.49. The summed E-state index contributed by atoms with van der Waals surface area (Å²) < 4.78 is 12.8. The number of hydrogen-bond donors (Lipinski definition) is 1. The van der Waals surface area contributed by atoms with Crippen molar-refractivity contribution >= 4 is 0 Å². The van der Waals surface area contributed by atoms with Gasteiger partial charge in [-0.2, -0.15) is 0 Å². The number of aliphatic hydroxyl groups excluding tert-OH is 1. The second kappa shape index (κ2) is 7.74. The molecule has 1 N–H and O–H groups in total. The van der Waals surface area contributed by atoms with Crippen LogP contribution >= 0.6 is 0 Å². The van der Waals surface area contributed by atoms with E-state index in [0.29, 0.717) is 24.1 Å². The number of rotatable bonds is 6. The predicted molar refractivity (Wildman–Crippen MR) is 102 cm³/mol. The number of ether oxygens (including phenoxy) is 2. The summed E-state index contributed by atoms with van der Waals surface area (Å²) in [5.74, 6) is 2.25. The number of fused-ring (bicyclic) bond motifs is 4. The van der Waals surface area contributed by atoms with Crippen LogP contribution in [0.2, 0.25) is 0 Å². The van der Waals surface area contributed by atoms with Crippen molar-refractivity contribution in [3.05, 3.63) is 58.5 Å². The first-order valence-corrected chi connectivity index (χ1v) is 9.49. The quantitative estimate of drug-likeness (QED) is 0.839. The molecule has 6 heteroatoms. The average Bonchev–Trinajstić information content (AvgIpc) is 2.67. The SMILES string of the molecule is COc1cccc(OCC(O)CN2CC3CC(C2)c2cccc(=O)n2C3)c1. The van der Waals surface area contributed by atoms with Gasteiger partial charge >= 0.3 is 0 Å². The molecule has 1 aromatic heterocycles. The number of piperidine rings is 1. The largest absolute Gasteiger partial charge is 0.497 e. The number of β-amino-alcohol motifs (C(OH)–C–C–N with tert-alkyl or cyclic N) is 1. The molecule has 2 aliphatic heterocycles. The zero-order valence-electron chi connectivity index (χ0n) is 15.6. The highest BCUT2D eigenvalue weighted by Crippen LogP contribution is 2.34. The van der Waals surface area contributed by atoms with Gasteiger partial charge in [0, 0.05) is 49.9 Å². The maximum Gasteiger partial charge on any atom is 0.250 e. The van der Waals surface area contributed by atoms with Crippen molar-refractivity contribution in [2.75, 3.05) is 33.4 Å². The van der Waals surface area contributed by atoms with Crippen molar-refractivity contribution in [1.29, 1.82) is 0 Å². The number of nitrogens with zero attached hydrogens (tertiary/aromatic N) is 2. The molecule has 3 atom stereocenters. The van der Waals surface area contributed by atoms with Gasteiger partial charge in [-0.1, -0.05) is 12.1 Å². The Morgan fingerprint density at radius 1 is 1.15 bits per heavy atom. The Morgan fingerprint density at radius 3 is 2.81 bits per heavy atom. The highest BCUT2D eigenvalue weighted by Gasteiger charge is 2.34. The van der Waals surface area contributed by atoms with Gasteiger partial charge in [0.1, 0.15) is 24.2 Å². The van der Waals surface area contributed by atoms with Gasteiger partial charge in [-0.3, -0.25) is 9.69 Å². The Kier molecular flexibility index (Phi) is 5.18. The van der Waals surface area contributed by atoms with Gasteiger partial charge < -0.3 is 19.1 Å². The van der Waals surface area contributed by atoms with Gasteiger partial charge in [0.2, 0.25) is 0 Å². The maximum absolute atomic E-state index is 12.1. The number of benzene rings is 1. The Balaban J connectivity index is 1.34. The summed E-state index contributed by atoms with van der Waals surface area (Å²) in [6.07, 6.45) is 0.559. The summed E-state index contributed by atoms with van der Waals surface area (Å²) in [7, 11) is 1.62. The topological polar surface area (TPSA) is 63.9 Å². The lowest BCUT2D eigenvalue weighted by atomic mass is 9.83. The molecule has 3 heterocycles. The number of methoxy groups -OCH3 is 1. The van der Waals surface area contributed by atoms with Crippen LogP contribution in [0.1, 0.15) is 18.0 Å². The van der Waals surface area contributed by atoms with Crippen molar-refractivity contribution in [2.24, 2.45) is 5.92 Å². The van der Waals surface area contributed by atoms with Gasteiger partial charge in [0.15, 0.2) is 0 Å². The van der Waals surface area contributed by atoms with Crippen LogP contribution < -0.4 is 15.0 Å². The minimum absolute atomic E-state index is 0.0994. The fourth-order valence-corrected chi connectivity index (χ4v) is 4.38. The predicted octanol–water partition coefficient (Wildman–Crippen LogP) is 1.72. The molecule has 2 bridgehead atoms. The molecule has 0 spiro atoms. The van der Waals surface area contributed by atoms with Crippen molar-refractivity contribution < 1.29 is 14.6 Å². The van der Waals surface area contributed by atoms with Crippen LogP contribution in [-0.2, 0) is 6.54 Å². The monoisotopic (exact) mass is 370 g/mol. The van der Waals surface area contributed by atoms with Crippen LogP contribution in [0, 0.1) is 5.92 Å². The standard InChI is InChI=1S/C21H26N2O4/c1-26-18-4-2-5-19(9-18)27-14-17(24)13-22-10-15-8-16(12-22)20-6-3-7-21(25)23(20)11-15/h2-7,9,15-17,24H,8,10-14H2,1H3. The van der Waals surface area contributed by atoms with E-state index in [1.54, 1.807) is 13.2 Å². The summed E-state index contributed by atoms with van der Waals surface area (Å²) in [5.41, 5.74) is 1.23. The van der Waals surface area contributed by atoms with Crippen LogP contribution in [0.25, 0.3) is 0 Å². The number of pyridine rings is 1. The molecule has 2 aliphatic rings. The van der Waals surface area contributed by atoms with Crippen LogP contribution in [0.4, 0.5) is 0 Å². The lowest BCUT2D eigenvalue weighted by molar-refractivity contribution is 0.0383. The fraction of sp³-hybridized carbons (Fsp3) is 0.476. The second-order valence-corrected chi connectivity index (χ2v) is 7.56. The number of hydrogen-bond acceptors (Lipinski definition) is 5. The molecule has 2 aromatic rings. The summed E-state index contributed by atoms with van der Waals surface area (Å²) in [6.45, 7) is 3.38. The molecule has 1 fully saturated rings. The van der Waals surface area contributed by atoms with E-state index in [9.17, 15) is 9.90 Å². The Hall–Kier alpha value is -2.31. The van der Waals surface area contributed by atoms with Crippen LogP contribution in [0.3, 0.4) is 0 Å². The molecule has 27 heavy (non-hydrogen) atoms. The molecular weight excluding hydrogens is 344 g/mol. The van der Waals surface area contributed by atoms with E-state index in [-0.39, 0.29) is 12.2 Å². The maximum atomic E-state index is 12.1. The Labute approximate surface area is 158 Å². The first-order chi connectivity index (χ1) is 13.1. The van der Waals surface area contributed by atoms with Crippen molar-refractivity contribution in [3.8, 4) is 11.5 Å². The second-order valence-electron chi connectivity index (χ2n) is 7.56.